The number of amides is 3. The summed E-state index contributed by atoms with van der Waals surface area (Å²) in [6, 6.07) is 11.2. The van der Waals surface area contributed by atoms with Crippen molar-refractivity contribution in [3.05, 3.63) is 82.0 Å². The number of nitrogens with zero attached hydrogens (tertiary/aromatic N) is 1. The molecule has 3 aromatic rings. The molecule has 0 bridgehead atoms. The van der Waals surface area contributed by atoms with Crippen molar-refractivity contribution in [2.45, 2.75) is 6.18 Å². The summed E-state index contributed by atoms with van der Waals surface area (Å²) in [6.07, 6.45) is -3.15. The number of alkyl halides is 3. The molecule has 0 aliphatic carbocycles. The molecule has 2 N–H and O–H groups in total. The van der Waals surface area contributed by atoms with Gasteiger partial charge in [0.25, 0.3) is 5.91 Å². The van der Waals surface area contributed by atoms with Crippen LogP contribution in [0.25, 0.3) is 11.1 Å². The third kappa shape index (κ3) is 5.08. The minimum Gasteiger partial charge on any atom is -0.292 e. The molecule has 2 aromatic carbocycles. The van der Waals surface area contributed by atoms with Gasteiger partial charge in [-0.3, -0.25) is 15.4 Å². The molecule has 10 heteroatoms. The van der Waals surface area contributed by atoms with Crippen LogP contribution in [0.3, 0.4) is 0 Å². The monoisotopic (exact) mass is 453 g/mol. The lowest BCUT2D eigenvalue weighted by atomic mass is 10.0. The SMILES string of the molecule is O=C(NC(=O)c1c(Cl)cccc1Cl)Nc1ccc(-c2cccc(C(F)(F)F)c2)cn1. The van der Waals surface area contributed by atoms with E-state index in [1.54, 1.807) is 6.07 Å². The molecular weight excluding hydrogens is 442 g/mol. The number of imide groups is 1. The first kappa shape index (κ1) is 21.6. The fourth-order valence-electron chi connectivity index (χ4n) is 2.54. The Kier molecular flexibility index (Phi) is 6.28. The van der Waals surface area contributed by atoms with Crippen LogP contribution >= 0.6 is 23.2 Å². The van der Waals surface area contributed by atoms with E-state index in [1.807, 2.05) is 0 Å². The quantitative estimate of drug-likeness (QED) is 0.507. The molecular formula is C20H12Cl2F3N3O2. The highest BCUT2D eigenvalue weighted by Crippen LogP contribution is 2.32. The van der Waals surface area contributed by atoms with Gasteiger partial charge in [0.05, 0.1) is 21.2 Å². The Hall–Kier alpha value is -3.10. The standard InChI is InChI=1S/C20H12Cl2F3N3O2/c21-14-5-2-6-15(22)17(14)18(29)28-19(30)27-16-8-7-12(10-26-16)11-3-1-4-13(9-11)20(23,24)25/h1-10H,(H2,26,27,28,29,30). The molecule has 0 spiro atoms. The summed E-state index contributed by atoms with van der Waals surface area (Å²) in [5, 5.41) is 4.58. The lowest BCUT2D eigenvalue weighted by Crippen LogP contribution is -2.34. The number of pyridine rings is 1. The molecule has 0 radical (unpaired) electrons. The number of carbonyl (C=O) groups is 2. The Morgan fingerprint density at radius 2 is 1.57 bits per heavy atom. The van der Waals surface area contributed by atoms with Crippen molar-refractivity contribution in [1.29, 1.82) is 0 Å². The molecule has 0 aliphatic heterocycles. The van der Waals surface area contributed by atoms with Gasteiger partial charge < -0.3 is 0 Å². The van der Waals surface area contributed by atoms with Gasteiger partial charge in [0.1, 0.15) is 5.82 Å². The summed E-state index contributed by atoms with van der Waals surface area (Å²) in [6.45, 7) is 0. The first-order valence-electron chi connectivity index (χ1n) is 8.35. The molecule has 0 unspecified atom stereocenters. The second-order valence-corrected chi connectivity index (χ2v) is 6.83. The van der Waals surface area contributed by atoms with Gasteiger partial charge in [-0.2, -0.15) is 13.2 Å². The lowest BCUT2D eigenvalue weighted by Gasteiger charge is -2.10. The van der Waals surface area contributed by atoms with Crippen LogP contribution < -0.4 is 10.6 Å². The van der Waals surface area contributed by atoms with Crippen molar-refractivity contribution in [3.8, 4) is 11.1 Å². The molecule has 1 heterocycles. The van der Waals surface area contributed by atoms with Crippen molar-refractivity contribution in [2.75, 3.05) is 5.32 Å². The summed E-state index contributed by atoms with van der Waals surface area (Å²) in [5.41, 5.74) is -0.0926. The summed E-state index contributed by atoms with van der Waals surface area (Å²) in [5.74, 6) is -0.718. The van der Waals surface area contributed by atoms with E-state index in [9.17, 15) is 22.8 Å². The molecule has 3 rings (SSSR count). The third-order valence-corrected chi connectivity index (χ3v) is 4.58. The summed E-state index contributed by atoms with van der Waals surface area (Å²) < 4.78 is 38.6. The van der Waals surface area contributed by atoms with Gasteiger partial charge in [0.2, 0.25) is 0 Å². The molecule has 154 valence electrons. The molecule has 0 fully saturated rings. The van der Waals surface area contributed by atoms with E-state index < -0.39 is 23.7 Å². The maximum atomic E-state index is 12.9. The Balaban J connectivity index is 1.69. The molecule has 3 amide bonds. The summed E-state index contributed by atoms with van der Waals surface area (Å²) >= 11 is 11.8. The predicted molar refractivity (Wildman–Crippen MR) is 108 cm³/mol. The number of benzene rings is 2. The fraction of sp³-hybridized carbons (Fsp3) is 0.0500. The summed E-state index contributed by atoms with van der Waals surface area (Å²) in [4.78, 5) is 28.2. The third-order valence-electron chi connectivity index (χ3n) is 3.95. The summed E-state index contributed by atoms with van der Waals surface area (Å²) in [7, 11) is 0. The maximum Gasteiger partial charge on any atom is 0.416 e. The van der Waals surface area contributed by atoms with Crippen molar-refractivity contribution in [2.24, 2.45) is 0 Å². The molecule has 0 saturated heterocycles. The van der Waals surface area contributed by atoms with E-state index in [0.29, 0.717) is 11.1 Å². The number of halogens is 5. The van der Waals surface area contributed by atoms with Gasteiger partial charge in [-0.1, -0.05) is 41.4 Å². The normalized spacial score (nSPS) is 11.1. The molecule has 30 heavy (non-hydrogen) atoms. The first-order chi connectivity index (χ1) is 14.1. The van der Waals surface area contributed by atoms with Gasteiger partial charge >= 0.3 is 12.2 Å². The van der Waals surface area contributed by atoms with Crippen LogP contribution in [0.1, 0.15) is 15.9 Å². The largest absolute Gasteiger partial charge is 0.416 e. The highest BCUT2D eigenvalue weighted by molar-refractivity contribution is 6.40. The average molecular weight is 454 g/mol. The van der Waals surface area contributed by atoms with Crippen LogP contribution in [-0.2, 0) is 6.18 Å². The molecule has 1 aromatic heterocycles. The maximum absolute atomic E-state index is 12.9. The second-order valence-electron chi connectivity index (χ2n) is 6.02. The van der Waals surface area contributed by atoms with Crippen LogP contribution in [0.2, 0.25) is 10.0 Å². The number of hydrogen-bond donors (Lipinski definition) is 2. The van der Waals surface area contributed by atoms with E-state index in [1.165, 1.54) is 42.6 Å². The zero-order valence-corrected chi connectivity index (χ0v) is 16.4. The first-order valence-corrected chi connectivity index (χ1v) is 9.11. The van der Waals surface area contributed by atoms with Gasteiger partial charge in [-0.25, -0.2) is 9.78 Å². The van der Waals surface area contributed by atoms with Gasteiger partial charge in [-0.15, -0.1) is 0 Å². The van der Waals surface area contributed by atoms with E-state index in [0.717, 1.165) is 12.1 Å². The Bertz CT molecular complexity index is 1080. The van der Waals surface area contributed by atoms with Crippen LogP contribution in [0.5, 0.6) is 0 Å². The van der Waals surface area contributed by atoms with Crippen molar-refractivity contribution in [1.82, 2.24) is 10.3 Å². The topological polar surface area (TPSA) is 71.1 Å². The molecule has 5 nitrogen and oxygen atoms in total. The van der Waals surface area contributed by atoms with Crippen LogP contribution in [0.15, 0.2) is 60.8 Å². The number of hydrogen-bond acceptors (Lipinski definition) is 3. The van der Waals surface area contributed by atoms with E-state index in [-0.39, 0.29) is 21.4 Å². The highest BCUT2D eigenvalue weighted by Gasteiger charge is 2.30. The number of aromatic nitrogens is 1. The van der Waals surface area contributed by atoms with Crippen molar-refractivity contribution < 1.29 is 22.8 Å². The van der Waals surface area contributed by atoms with E-state index >= 15 is 0 Å². The number of anilines is 1. The number of rotatable bonds is 3. The van der Waals surface area contributed by atoms with Crippen LogP contribution in [0, 0.1) is 0 Å². The fourth-order valence-corrected chi connectivity index (χ4v) is 3.11. The van der Waals surface area contributed by atoms with Gasteiger partial charge in [0, 0.05) is 11.8 Å². The number of nitrogens with one attached hydrogen (secondary N) is 2. The van der Waals surface area contributed by atoms with E-state index in [2.05, 4.69) is 15.6 Å². The van der Waals surface area contributed by atoms with Crippen LogP contribution in [0.4, 0.5) is 23.8 Å². The Morgan fingerprint density at radius 1 is 0.900 bits per heavy atom. The second kappa shape index (κ2) is 8.73. The minimum atomic E-state index is -4.46. The number of urea groups is 1. The average Bonchev–Trinajstić information content (AvgIpc) is 2.68. The zero-order valence-electron chi connectivity index (χ0n) is 14.9. The smallest absolute Gasteiger partial charge is 0.292 e. The van der Waals surface area contributed by atoms with Crippen molar-refractivity contribution >= 4 is 41.0 Å². The number of carbonyl (C=O) groups excluding carboxylic acids is 2. The highest BCUT2D eigenvalue weighted by atomic mass is 35.5. The minimum absolute atomic E-state index is 0.0520. The van der Waals surface area contributed by atoms with Gasteiger partial charge in [-0.05, 0) is 42.0 Å². The van der Waals surface area contributed by atoms with E-state index in [4.69, 9.17) is 23.2 Å². The lowest BCUT2D eigenvalue weighted by molar-refractivity contribution is -0.137. The molecule has 0 aliphatic rings. The van der Waals surface area contributed by atoms with Crippen LogP contribution in [-0.4, -0.2) is 16.9 Å². The predicted octanol–water partition coefficient (Wildman–Crippen LogP) is 6.04. The van der Waals surface area contributed by atoms with Crippen molar-refractivity contribution in [3.63, 3.8) is 0 Å². The molecule has 0 saturated carbocycles. The zero-order chi connectivity index (χ0) is 21.9. The molecule has 0 atom stereocenters. The van der Waals surface area contributed by atoms with Gasteiger partial charge in [0.15, 0.2) is 0 Å². The Morgan fingerprint density at radius 3 is 2.17 bits per heavy atom. The Labute approximate surface area is 178 Å².